The second-order valence-corrected chi connectivity index (χ2v) is 11.2. The lowest BCUT2D eigenvalue weighted by molar-refractivity contribution is -0.140. The molecule has 0 saturated heterocycles. The minimum Gasteiger partial charge on any atom is -0.497 e. The number of rotatable bonds is 12. The highest BCUT2D eigenvalue weighted by Crippen LogP contribution is 2.26. The fourth-order valence-electron chi connectivity index (χ4n) is 4.33. The van der Waals surface area contributed by atoms with Crippen molar-refractivity contribution in [3.8, 4) is 5.75 Å². The number of hydrogen-bond acceptors (Lipinski definition) is 5. The van der Waals surface area contributed by atoms with Gasteiger partial charge in [-0.05, 0) is 69.2 Å². The highest BCUT2D eigenvalue weighted by Gasteiger charge is 2.33. The van der Waals surface area contributed by atoms with E-state index in [9.17, 15) is 18.0 Å². The second kappa shape index (κ2) is 13.3. The molecule has 0 bridgehead atoms. The van der Waals surface area contributed by atoms with Crippen molar-refractivity contribution in [2.24, 2.45) is 0 Å². The molecule has 3 aromatic carbocycles. The van der Waals surface area contributed by atoms with Crippen molar-refractivity contribution in [2.75, 3.05) is 24.5 Å². The van der Waals surface area contributed by atoms with Crippen molar-refractivity contribution >= 4 is 27.5 Å². The quantitative estimate of drug-likeness (QED) is 0.359. The monoisotopic (exact) mass is 551 g/mol. The zero-order chi connectivity index (χ0) is 28.6. The van der Waals surface area contributed by atoms with E-state index in [2.05, 4.69) is 5.32 Å². The summed E-state index contributed by atoms with van der Waals surface area (Å²) in [5.41, 5.74) is 3.18. The Morgan fingerprint density at radius 1 is 0.923 bits per heavy atom. The van der Waals surface area contributed by atoms with Crippen LogP contribution in [0.15, 0.2) is 77.7 Å². The number of nitrogens with zero attached hydrogens (tertiary/aromatic N) is 2. The molecule has 0 spiro atoms. The second-order valence-electron chi connectivity index (χ2n) is 9.35. The first-order valence-electron chi connectivity index (χ1n) is 13.0. The molecule has 9 heteroatoms. The molecule has 8 nitrogen and oxygen atoms in total. The number of aryl methyl sites for hydroxylation is 2. The summed E-state index contributed by atoms with van der Waals surface area (Å²) in [6, 6.07) is 19.9. The highest BCUT2D eigenvalue weighted by molar-refractivity contribution is 7.92. The summed E-state index contributed by atoms with van der Waals surface area (Å²) in [7, 11) is -2.63. The van der Waals surface area contributed by atoms with Crippen LogP contribution in [0.3, 0.4) is 0 Å². The van der Waals surface area contributed by atoms with Gasteiger partial charge in [0.2, 0.25) is 11.8 Å². The molecule has 0 unspecified atom stereocenters. The van der Waals surface area contributed by atoms with E-state index in [1.807, 2.05) is 52.0 Å². The first kappa shape index (κ1) is 29.7. The number of amides is 2. The molecule has 3 aromatic rings. The van der Waals surface area contributed by atoms with Gasteiger partial charge in [-0.3, -0.25) is 13.9 Å². The Morgan fingerprint density at radius 2 is 1.59 bits per heavy atom. The standard InChI is InChI=1S/C30H37N3O5S/c1-6-28(30(35)31-7-2)32(20-24-10-8-9-23(4)19-24)29(34)21-33(25-13-11-22(3)12-14-25)39(36,37)27-17-15-26(38-5)16-18-27/h8-19,28H,6-7,20-21H2,1-5H3,(H,31,35)/t28-/m1/s1. The molecule has 0 fully saturated rings. The van der Waals surface area contributed by atoms with Crippen LogP contribution in [0.5, 0.6) is 5.75 Å². The van der Waals surface area contributed by atoms with Gasteiger partial charge in [-0.2, -0.15) is 0 Å². The smallest absolute Gasteiger partial charge is 0.264 e. The lowest BCUT2D eigenvalue weighted by atomic mass is 10.1. The number of carbonyl (C=O) groups excluding carboxylic acids is 2. The molecule has 1 atom stereocenters. The molecule has 208 valence electrons. The average molecular weight is 552 g/mol. The van der Waals surface area contributed by atoms with E-state index in [0.717, 1.165) is 21.0 Å². The summed E-state index contributed by atoms with van der Waals surface area (Å²) in [6.45, 7) is 7.62. The molecule has 0 saturated carbocycles. The summed E-state index contributed by atoms with van der Waals surface area (Å²) < 4.78 is 34.1. The summed E-state index contributed by atoms with van der Waals surface area (Å²) in [6.07, 6.45) is 0.374. The number of nitrogens with one attached hydrogen (secondary N) is 1. The van der Waals surface area contributed by atoms with Gasteiger partial charge >= 0.3 is 0 Å². The topological polar surface area (TPSA) is 96.0 Å². The average Bonchev–Trinajstić information content (AvgIpc) is 2.92. The van der Waals surface area contributed by atoms with E-state index in [0.29, 0.717) is 24.4 Å². The van der Waals surface area contributed by atoms with Gasteiger partial charge in [-0.25, -0.2) is 8.42 Å². The van der Waals surface area contributed by atoms with E-state index in [-0.39, 0.29) is 17.3 Å². The zero-order valence-corrected chi connectivity index (χ0v) is 24.0. The van der Waals surface area contributed by atoms with E-state index in [1.165, 1.54) is 24.1 Å². The van der Waals surface area contributed by atoms with Crippen LogP contribution in [-0.2, 0) is 26.2 Å². The molecule has 0 aliphatic heterocycles. The van der Waals surface area contributed by atoms with Crippen LogP contribution in [0.25, 0.3) is 0 Å². The van der Waals surface area contributed by atoms with Gasteiger partial charge in [0.05, 0.1) is 17.7 Å². The number of sulfonamides is 1. The van der Waals surface area contributed by atoms with E-state index in [1.54, 1.807) is 36.4 Å². The summed E-state index contributed by atoms with van der Waals surface area (Å²) in [5.74, 6) is -0.239. The first-order chi connectivity index (χ1) is 18.6. The van der Waals surface area contributed by atoms with E-state index >= 15 is 0 Å². The molecular weight excluding hydrogens is 514 g/mol. The van der Waals surface area contributed by atoms with E-state index in [4.69, 9.17) is 4.74 Å². The number of benzene rings is 3. The Kier molecular flexibility index (Phi) is 10.1. The predicted molar refractivity (Wildman–Crippen MR) is 153 cm³/mol. The number of carbonyl (C=O) groups is 2. The zero-order valence-electron chi connectivity index (χ0n) is 23.2. The lowest BCUT2D eigenvalue weighted by Crippen LogP contribution is -2.52. The third-order valence-electron chi connectivity index (χ3n) is 6.42. The minimum absolute atomic E-state index is 0.0256. The third kappa shape index (κ3) is 7.38. The van der Waals surface area contributed by atoms with Gasteiger partial charge < -0.3 is 15.0 Å². The molecule has 2 amide bonds. The molecule has 3 rings (SSSR count). The van der Waals surface area contributed by atoms with Crippen LogP contribution in [-0.4, -0.2) is 51.4 Å². The summed E-state index contributed by atoms with van der Waals surface area (Å²) in [4.78, 5) is 28.5. The van der Waals surface area contributed by atoms with Crippen molar-refractivity contribution in [1.82, 2.24) is 10.2 Å². The summed E-state index contributed by atoms with van der Waals surface area (Å²) >= 11 is 0. The fourth-order valence-corrected chi connectivity index (χ4v) is 5.75. The molecule has 0 heterocycles. The number of ether oxygens (including phenoxy) is 1. The normalized spacial score (nSPS) is 11.9. The Bertz CT molecular complexity index is 1370. The Morgan fingerprint density at radius 3 is 2.15 bits per heavy atom. The molecule has 1 N–H and O–H groups in total. The van der Waals surface area contributed by atoms with Gasteiger partial charge in [0, 0.05) is 13.1 Å². The number of hydrogen-bond donors (Lipinski definition) is 1. The summed E-state index contributed by atoms with van der Waals surface area (Å²) in [5, 5.41) is 2.81. The molecule has 39 heavy (non-hydrogen) atoms. The maximum Gasteiger partial charge on any atom is 0.264 e. The lowest BCUT2D eigenvalue weighted by Gasteiger charge is -2.33. The maximum atomic E-state index is 14.0. The molecule has 0 aliphatic carbocycles. The van der Waals surface area contributed by atoms with Crippen LogP contribution in [0.2, 0.25) is 0 Å². The van der Waals surface area contributed by atoms with Crippen molar-refractivity contribution in [1.29, 1.82) is 0 Å². The third-order valence-corrected chi connectivity index (χ3v) is 8.21. The van der Waals surface area contributed by atoms with Gasteiger partial charge in [-0.15, -0.1) is 0 Å². The molecule has 0 aromatic heterocycles. The van der Waals surface area contributed by atoms with Crippen molar-refractivity contribution < 1.29 is 22.7 Å². The SMILES string of the molecule is CCNC(=O)[C@@H](CC)N(Cc1cccc(C)c1)C(=O)CN(c1ccc(C)cc1)S(=O)(=O)c1ccc(OC)cc1. The Labute approximate surface area is 231 Å². The van der Waals surface area contributed by atoms with Crippen LogP contribution in [0.4, 0.5) is 5.69 Å². The molecule has 0 aliphatic rings. The van der Waals surface area contributed by atoms with Crippen LogP contribution >= 0.6 is 0 Å². The van der Waals surface area contributed by atoms with Gasteiger partial charge in [0.25, 0.3) is 10.0 Å². The van der Waals surface area contributed by atoms with Gasteiger partial charge in [0.15, 0.2) is 0 Å². The number of likely N-dealkylation sites (N-methyl/N-ethyl adjacent to an activating group) is 1. The van der Waals surface area contributed by atoms with Crippen molar-refractivity contribution in [3.05, 3.63) is 89.5 Å². The highest BCUT2D eigenvalue weighted by atomic mass is 32.2. The number of anilines is 1. The largest absolute Gasteiger partial charge is 0.497 e. The van der Waals surface area contributed by atoms with Crippen LogP contribution in [0, 0.1) is 13.8 Å². The molecular formula is C30H37N3O5S. The van der Waals surface area contributed by atoms with Gasteiger partial charge in [-0.1, -0.05) is 54.4 Å². The van der Waals surface area contributed by atoms with Gasteiger partial charge in [0.1, 0.15) is 18.3 Å². The number of methoxy groups -OCH3 is 1. The Balaban J connectivity index is 2.05. The maximum absolute atomic E-state index is 14.0. The predicted octanol–water partition coefficient (Wildman–Crippen LogP) is 4.45. The van der Waals surface area contributed by atoms with Crippen molar-refractivity contribution in [2.45, 2.75) is 51.6 Å². The minimum atomic E-state index is -4.13. The first-order valence-corrected chi connectivity index (χ1v) is 14.4. The Hall–Kier alpha value is -3.85. The van der Waals surface area contributed by atoms with Crippen molar-refractivity contribution in [3.63, 3.8) is 0 Å². The van der Waals surface area contributed by atoms with E-state index < -0.39 is 28.5 Å². The van der Waals surface area contributed by atoms with Crippen LogP contribution in [0.1, 0.15) is 37.0 Å². The molecule has 0 radical (unpaired) electrons. The fraction of sp³-hybridized carbons (Fsp3) is 0.333. The van der Waals surface area contributed by atoms with Crippen LogP contribution < -0.4 is 14.4 Å².